The van der Waals surface area contributed by atoms with Crippen LogP contribution in [0.4, 0.5) is 0 Å². The summed E-state index contributed by atoms with van der Waals surface area (Å²) in [6.45, 7) is 6.72. The molecule has 6 nitrogen and oxygen atoms in total. The summed E-state index contributed by atoms with van der Waals surface area (Å²) in [5.41, 5.74) is -0.394. The van der Waals surface area contributed by atoms with Gasteiger partial charge in [-0.2, -0.15) is 0 Å². The molecule has 2 N–H and O–H groups in total. The zero-order chi connectivity index (χ0) is 21.3. The number of benzene rings is 1. The van der Waals surface area contributed by atoms with Crippen LogP contribution in [0.1, 0.15) is 62.4 Å². The first-order chi connectivity index (χ1) is 13.8. The van der Waals surface area contributed by atoms with Crippen molar-refractivity contribution >= 4 is 23.3 Å². The predicted octanol–water partition coefficient (Wildman–Crippen LogP) is 3.95. The Morgan fingerprint density at radius 1 is 1.24 bits per heavy atom. The molecular weight excluding hydrogens is 392 g/mol. The van der Waals surface area contributed by atoms with Gasteiger partial charge in [-0.15, -0.1) is 0 Å². The van der Waals surface area contributed by atoms with E-state index < -0.39 is 11.6 Å². The lowest BCUT2D eigenvalue weighted by Gasteiger charge is -2.32. The fraction of sp³-hybridized carbons (Fsp3) is 0.545. The van der Waals surface area contributed by atoms with Crippen LogP contribution in [0.3, 0.4) is 0 Å². The number of carbonyl (C=O) groups excluding carboxylic acids is 2. The quantitative estimate of drug-likeness (QED) is 0.622. The van der Waals surface area contributed by atoms with Gasteiger partial charge in [-0.25, -0.2) is 0 Å². The van der Waals surface area contributed by atoms with E-state index >= 15 is 0 Å². The molecule has 0 bridgehead atoms. The minimum Gasteiger partial charge on any atom is -0.508 e. The maximum Gasteiger partial charge on any atom is 0.291 e. The standard InChI is InChI=1S/C22H29ClN2O4/c1-5-6-7-8-9-14-16(26)11-10-15-18(14)29-22(20(15)27)19(24-12-13(2)3)17(23)21(28)25(22)4/h10-11,13,24,26H,5-9,12H2,1-4H3/t22-/m0/s1. The molecule has 3 rings (SSSR count). The molecule has 1 amide bonds. The SMILES string of the molecule is CCCCCCc1c(O)ccc2c1O[C@]1(C2=O)C(NCC(C)C)=C(Cl)C(=O)N1C. The van der Waals surface area contributed by atoms with Crippen molar-refractivity contribution in [3.05, 3.63) is 34.0 Å². The van der Waals surface area contributed by atoms with Crippen LogP contribution in [0.25, 0.3) is 0 Å². The molecular formula is C22H29ClN2O4. The summed E-state index contributed by atoms with van der Waals surface area (Å²) in [7, 11) is 1.51. The molecule has 2 aliphatic heterocycles. The van der Waals surface area contributed by atoms with Crippen LogP contribution >= 0.6 is 11.6 Å². The molecule has 29 heavy (non-hydrogen) atoms. The number of unbranched alkanes of at least 4 members (excludes halogenated alkanes) is 3. The molecule has 0 fully saturated rings. The minimum absolute atomic E-state index is 0.0389. The Bertz CT molecular complexity index is 865. The second-order valence-corrected chi connectivity index (χ2v) is 8.53. The van der Waals surface area contributed by atoms with E-state index in [2.05, 4.69) is 12.2 Å². The van der Waals surface area contributed by atoms with Gasteiger partial charge >= 0.3 is 0 Å². The molecule has 0 radical (unpaired) electrons. The predicted molar refractivity (Wildman–Crippen MR) is 112 cm³/mol. The Balaban J connectivity index is 2.01. The highest BCUT2D eigenvalue weighted by Crippen LogP contribution is 2.49. The van der Waals surface area contributed by atoms with Crippen molar-refractivity contribution in [1.82, 2.24) is 10.2 Å². The normalized spacial score (nSPS) is 20.8. The number of ether oxygens (including phenoxy) is 1. The molecule has 0 saturated heterocycles. The van der Waals surface area contributed by atoms with Crippen molar-refractivity contribution in [2.24, 2.45) is 5.92 Å². The average Bonchev–Trinajstić information content (AvgIpc) is 3.07. The molecule has 1 atom stereocenters. The van der Waals surface area contributed by atoms with Crippen LogP contribution in [0.15, 0.2) is 22.9 Å². The van der Waals surface area contributed by atoms with Gasteiger partial charge in [-0.05, 0) is 30.9 Å². The molecule has 158 valence electrons. The number of halogens is 1. The monoisotopic (exact) mass is 420 g/mol. The Morgan fingerprint density at radius 3 is 2.62 bits per heavy atom. The molecule has 2 aliphatic rings. The van der Waals surface area contributed by atoms with E-state index in [0.29, 0.717) is 29.8 Å². The second-order valence-electron chi connectivity index (χ2n) is 8.15. The molecule has 0 unspecified atom stereocenters. The highest BCUT2D eigenvalue weighted by atomic mass is 35.5. The molecule has 0 saturated carbocycles. The molecule has 2 heterocycles. The number of aromatic hydroxyl groups is 1. The molecule has 1 spiro atoms. The van der Waals surface area contributed by atoms with E-state index in [9.17, 15) is 14.7 Å². The number of phenols is 1. The van der Waals surface area contributed by atoms with Gasteiger partial charge in [0.15, 0.2) is 0 Å². The maximum absolute atomic E-state index is 13.5. The van der Waals surface area contributed by atoms with Crippen molar-refractivity contribution in [3.63, 3.8) is 0 Å². The lowest BCUT2D eigenvalue weighted by molar-refractivity contribution is -0.132. The smallest absolute Gasteiger partial charge is 0.291 e. The number of likely N-dealkylation sites (N-methyl/N-ethyl adjacent to an activating group) is 1. The Labute approximate surface area is 176 Å². The first-order valence-electron chi connectivity index (χ1n) is 10.3. The first kappa shape index (κ1) is 21.5. The number of phenolic OH excluding ortho intramolecular Hbond substituents is 1. The van der Waals surface area contributed by atoms with Gasteiger partial charge in [0.25, 0.3) is 11.6 Å². The number of nitrogens with zero attached hydrogens (tertiary/aromatic N) is 1. The van der Waals surface area contributed by atoms with Gasteiger partial charge in [0, 0.05) is 19.2 Å². The zero-order valence-electron chi connectivity index (χ0n) is 17.5. The van der Waals surface area contributed by atoms with Crippen LogP contribution < -0.4 is 10.1 Å². The fourth-order valence-electron chi connectivity index (χ4n) is 3.86. The summed E-state index contributed by atoms with van der Waals surface area (Å²) in [6, 6.07) is 3.08. The number of carbonyl (C=O) groups is 2. The average molecular weight is 421 g/mol. The van der Waals surface area contributed by atoms with Crippen LogP contribution in [-0.4, -0.2) is 41.0 Å². The van der Waals surface area contributed by atoms with Gasteiger partial charge in [0.05, 0.1) is 5.56 Å². The number of fused-ring (bicyclic) bond motifs is 1. The molecule has 0 aromatic heterocycles. The third-order valence-electron chi connectivity index (χ3n) is 5.53. The number of amides is 1. The number of hydrogen-bond donors (Lipinski definition) is 2. The number of nitrogens with one attached hydrogen (secondary N) is 1. The van der Waals surface area contributed by atoms with Crippen molar-refractivity contribution in [2.75, 3.05) is 13.6 Å². The second kappa shape index (κ2) is 8.27. The van der Waals surface area contributed by atoms with E-state index in [4.69, 9.17) is 16.3 Å². The number of rotatable bonds is 8. The van der Waals surface area contributed by atoms with Crippen molar-refractivity contribution in [1.29, 1.82) is 0 Å². The molecule has 1 aromatic carbocycles. The van der Waals surface area contributed by atoms with Crippen LogP contribution in [0.5, 0.6) is 11.5 Å². The number of Topliss-reactive ketones (excluding diaryl/α,β-unsaturated/α-hetero) is 1. The van der Waals surface area contributed by atoms with E-state index in [1.165, 1.54) is 18.0 Å². The van der Waals surface area contributed by atoms with Gasteiger partial charge in [0.2, 0.25) is 5.78 Å². The number of ketones is 1. The lowest BCUT2D eigenvalue weighted by Crippen LogP contribution is -2.56. The van der Waals surface area contributed by atoms with E-state index in [-0.39, 0.29) is 28.2 Å². The van der Waals surface area contributed by atoms with Gasteiger partial charge < -0.3 is 15.2 Å². The highest BCUT2D eigenvalue weighted by Gasteiger charge is 2.62. The summed E-state index contributed by atoms with van der Waals surface area (Å²) >= 11 is 6.32. The van der Waals surface area contributed by atoms with Gasteiger partial charge in [-0.1, -0.05) is 51.6 Å². The van der Waals surface area contributed by atoms with Crippen LogP contribution in [-0.2, 0) is 11.2 Å². The van der Waals surface area contributed by atoms with E-state index in [1.54, 1.807) is 6.07 Å². The van der Waals surface area contributed by atoms with Crippen LogP contribution in [0.2, 0.25) is 0 Å². The van der Waals surface area contributed by atoms with E-state index in [0.717, 1.165) is 25.7 Å². The summed E-state index contributed by atoms with van der Waals surface area (Å²) in [6.07, 6.45) is 4.73. The zero-order valence-corrected chi connectivity index (χ0v) is 18.2. The summed E-state index contributed by atoms with van der Waals surface area (Å²) in [5.74, 6) is -0.0832. The molecule has 0 aliphatic carbocycles. The summed E-state index contributed by atoms with van der Waals surface area (Å²) in [4.78, 5) is 27.4. The van der Waals surface area contributed by atoms with Gasteiger partial charge in [0.1, 0.15) is 22.2 Å². The number of hydrogen-bond acceptors (Lipinski definition) is 5. The van der Waals surface area contributed by atoms with Crippen molar-refractivity contribution in [2.45, 2.75) is 58.6 Å². The molecule has 7 heteroatoms. The lowest BCUT2D eigenvalue weighted by atomic mass is 9.97. The van der Waals surface area contributed by atoms with E-state index in [1.807, 2.05) is 13.8 Å². The Morgan fingerprint density at radius 2 is 1.97 bits per heavy atom. The van der Waals surface area contributed by atoms with Crippen LogP contribution in [0, 0.1) is 5.92 Å². The fourth-order valence-corrected chi connectivity index (χ4v) is 4.18. The largest absolute Gasteiger partial charge is 0.508 e. The maximum atomic E-state index is 13.5. The Hall–Kier alpha value is -2.21. The summed E-state index contributed by atoms with van der Waals surface area (Å²) in [5, 5.41) is 13.6. The molecule has 1 aromatic rings. The van der Waals surface area contributed by atoms with Crippen molar-refractivity contribution in [3.8, 4) is 11.5 Å². The first-order valence-corrected chi connectivity index (χ1v) is 10.6. The topological polar surface area (TPSA) is 78.9 Å². The third kappa shape index (κ3) is 3.48. The van der Waals surface area contributed by atoms with Crippen molar-refractivity contribution < 1.29 is 19.4 Å². The summed E-state index contributed by atoms with van der Waals surface area (Å²) < 4.78 is 6.23. The Kier molecular flexibility index (Phi) is 6.13. The third-order valence-corrected chi connectivity index (χ3v) is 5.88. The highest BCUT2D eigenvalue weighted by molar-refractivity contribution is 6.44. The minimum atomic E-state index is -1.64. The van der Waals surface area contributed by atoms with Gasteiger partial charge in [-0.3, -0.25) is 14.5 Å².